The van der Waals surface area contributed by atoms with Crippen molar-refractivity contribution in [2.75, 3.05) is 45.3 Å². The van der Waals surface area contributed by atoms with E-state index in [1.54, 1.807) is 7.11 Å². The van der Waals surface area contributed by atoms with E-state index in [2.05, 4.69) is 51.7 Å². The molecule has 0 spiro atoms. The monoisotopic (exact) mass is 415 g/mol. The SMILES string of the molecule is COCCCNC1CC(C)NC(Nc2cc3c(c(C4=CCNCCC4)c2)OCC3)N1. The van der Waals surface area contributed by atoms with Crippen molar-refractivity contribution >= 4 is 11.3 Å². The summed E-state index contributed by atoms with van der Waals surface area (Å²) in [6.07, 6.45) is 7.94. The molecule has 1 fully saturated rings. The van der Waals surface area contributed by atoms with Gasteiger partial charge in [-0.15, -0.1) is 0 Å². The van der Waals surface area contributed by atoms with Crippen molar-refractivity contribution in [2.45, 2.75) is 57.5 Å². The minimum atomic E-state index is 0.0201. The summed E-state index contributed by atoms with van der Waals surface area (Å²) in [7, 11) is 1.75. The molecule has 7 heteroatoms. The number of ether oxygens (including phenoxy) is 2. The molecule has 1 aromatic rings. The molecule has 4 rings (SSSR count). The standard InChI is InChI=1S/C23H37N5O2/c1-16-13-21(25-9-4-11-29-2)28-23(26-16)27-19-14-18-7-12-30-22(18)20(15-19)17-5-3-8-24-10-6-17/h6,14-16,21,23-28H,3-5,7-13H2,1-2H3. The van der Waals surface area contributed by atoms with Crippen LogP contribution in [0.4, 0.5) is 5.69 Å². The number of allylic oxidation sites excluding steroid dienone is 1. The van der Waals surface area contributed by atoms with Crippen molar-refractivity contribution < 1.29 is 9.47 Å². The van der Waals surface area contributed by atoms with Crippen LogP contribution in [-0.2, 0) is 11.2 Å². The van der Waals surface area contributed by atoms with Crippen LogP contribution >= 0.6 is 0 Å². The lowest BCUT2D eigenvalue weighted by molar-refractivity contribution is 0.186. The van der Waals surface area contributed by atoms with Crippen molar-refractivity contribution in [1.29, 1.82) is 0 Å². The van der Waals surface area contributed by atoms with Crippen LogP contribution in [0, 0.1) is 0 Å². The van der Waals surface area contributed by atoms with Crippen LogP contribution in [0.25, 0.3) is 5.57 Å². The van der Waals surface area contributed by atoms with Crippen molar-refractivity contribution in [2.24, 2.45) is 0 Å². The smallest absolute Gasteiger partial charge is 0.133 e. The number of benzene rings is 1. The number of rotatable bonds is 8. The molecule has 1 aromatic carbocycles. The Hall–Kier alpha value is -1.64. The molecule has 0 radical (unpaired) electrons. The molecule has 5 N–H and O–H groups in total. The number of hydrogen-bond donors (Lipinski definition) is 5. The van der Waals surface area contributed by atoms with Crippen LogP contribution in [0.15, 0.2) is 18.2 Å². The van der Waals surface area contributed by atoms with Gasteiger partial charge in [-0.05, 0) is 63.4 Å². The molecule has 166 valence electrons. The molecule has 1 saturated heterocycles. The minimum Gasteiger partial charge on any atom is -0.492 e. The zero-order valence-electron chi connectivity index (χ0n) is 18.4. The minimum absolute atomic E-state index is 0.0201. The van der Waals surface area contributed by atoms with Gasteiger partial charge in [0, 0.05) is 49.5 Å². The van der Waals surface area contributed by atoms with Gasteiger partial charge < -0.3 is 25.4 Å². The predicted molar refractivity (Wildman–Crippen MR) is 122 cm³/mol. The second-order valence-corrected chi connectivity index (χ2v) is 8.55. The highest BCUT2D eigenvalue weighted by molar-refractivity contribution is 5.76. The van der Waals surface area contributed by atoms with Gasteiger partial charge in [-0.25, -0.2) is 0 Å². The zero-order valence-corrected chi connectivity index (χ0v) is 18.4. The Balaban J connectivity index is 1.46. The van der Waals surface area contributed by atoms with Gasteiger partial charge in [-0.2, -0.15) is 0 Å². The van der Waals surface area contributed by atoms with E-state index in [0.717, 1.165) is 76.4 Å². The fourth-order valence-electron chi connectivity index (χ4n) is 4.59. The van der Waals surface area contributed by atoms with Gasteiger partial charge in [0.05, 0.1) is 12.8 Å². The molecule has 0 aromatic heterocycles. The summed E-state index contributed by atoms with van der Waals surface area (Å²) in [4.78, 5) is 0. The first kappa shape index (κ1) is 21.6. The maximum Gasteiger partial charge on any atom is 0.133 e. The summed E-state index contributed by atoms with van der Waals surface area (Å²) in [6.45, 7) is 6.77. The molecule has 30 heavy (non-hydrogen) atoms. The summed E-state index contributed by atoms with van der Waals surface area (Å²) in [6, 6.07) is 4.95. The van der Waals surface area contributed by atoms with E-state index in [1.807, 2.05) is 0 Å². The van der Waals surface area contributed by atoms with Gasteiger partial charge in [0.1, 0.15) is 12.0 Å². The maximum atomic E-state index is 6.03. The first-order chi connectivity index (χ1) is 14.7. The Morgan fingerprint density at radius 2 is 2.17 bits per heavy atom. The van der Waals surface area contributed by atoms with Crippen LogP contribution in [0.5, 0.6) is 5.75 Å². The van der Waals surface area contributed by atoms with E-state index in [4.69, 9.17) is 9.47 Å². The topological polar surface area (TPSA) is 78.6 Å². The number of fused-ring (bicyclic) bond motifs is 1. The highest BCUT2D eigenvalue weighted by Crippen LogP contribution is 2.38. The number of anilines is 1. The fraction of sp³-hybridized carbons (Fsp3) is 0.652. The van der Waals surface area contributed by atoms with Gasteiger partial charge in [0.2, 0.25) is 0 Å². The third kappa shape index (κ3) is 5.53. The van der Waals surface area contributed by atoms with E-state index in [1.165, 1.54) is 16.7 Å². The first-order valence-corrected chi connectivity index (χ1v) is 11.4. The third-order valence-corrected chi connectivity index (χ3v) is 6.06. The van der Waals surface area contributed by atoms with E-state index < -0.39 is 0 Å². The van der Waals surface area contributed by atoms with E-state index in [-0.39, 0.29) is 12.5 Å². The predicted octanol–water partition coefficient (Wildman–Crippen LogP) is 2.01. The van der Waals surface area contributed by atoms with Crippen molar-refractivity contribution in [3.63, 3.8) is 0 Å². The van der Waals surface area contributed by atoms with Gasteiger partial charge in [-0.1, -0.05) is 6.08 Å². The normalized spacial score (nSPS) is 26.5. The highest BCUT2D eigenvalue weighted by atomic mass is 16.5. The molecule has 3 atom stereocenters. The first-order valence-electron chi connectivity index (χ1n) is 11.4. The summed E-state index contributed by atoms with van der Waals surface area (Å²) in [5, 5.41) is 18.0. The van der Waals surface area contributed by atoms with Crippen LogP contribution in [0.1, 0.15) is 43.7 Å². The van der Waals surface area contributed by atoms with E-state index in [9.17, 15) is 0 Å². The molecule has 0 amide bonds. The largest absolute Gasteiger partial charge is 0.492 e. The Morgan fingerprint density at radius 3 is 3.07 bits per heavy atom. The van der Waals surface area contributed by atoms with Gasteiger partial charge >= 0.3 is 0 Å². The van der Waals surface area contributed by atoms with Gasteiger partial charge in [0.15, 0.2) is 0 Å². The molecular formula is C23H37N5O2. The van der Waals surface area contributed by atoms with Crippen molar-refractivity contribution in [3.8, 4) is 5.75 Å². The lowest BCUT2D eigenvalue weighted by atomic mass is 9.96. The average molecular weight is 416 g/mol. The van der Waals surface area contributed by atoms with Crippen molar-refractivity contribution in [3.05, 3.63) is 29.3 Å². The second kappa shape index (κ2) is 10.6. The Kier molecular flexibility index (Phi) is 7.62. The molecule has 0 aliphatic carbocycles. The van der Waals surface area contributed by atoms with Crippen LogP contribution < -0.4 is 31.3 Å². The van der Waals surface area contributed by atoms with Crippen LogP contribution in [0.2, 0.25) is 0 Å². The summed E-state index contributed by atoms with van der Waals surface area (Å²) in [5.74, 6) is 1.09. The van der Waals surface area contributed by atoms with Crippen LogP contribution in [0.3, 0.4) is 0 Å². The van der Waals surface area contributed by atoms with Crippen molar-refractivity contribution in [1.82, 2.24) is 21.3 Å². The number of methoxy groups -OCH3 is 1. The quantitative estimate of drug-likeness (QED) is 0.416. The maximum absolute atomic E-state index is 6.03. The molecule has 0 saturated carbocycles. The summed E-state index contributed by atoms with van der Waals surface area (Å²) >= 11 is 0. The van der Waals surface area contributed by atoms with Gasteiger partial charge in [0.25, 0.3) is 0 Å². The molecule has 3 aliphatic rings. The Bertz CT molecular complexity index is 739. The summed E-state index contributed by atoms with van der Waals surface area (Å²) in [5.41, 5.74) is 5.11. The lowest BCUT2D eigenvalue weighted by Crippen LogP contribution is -2.64. The number of nitrogens with one attached hydrogen (secondary N) is 5. The molecule has 0 bridgehead atoms. The molecular weight excluding hydrogens is 378 g/mol. The second-order valence-electron chi connectivity index (χ2n) is 8.55. The molecule has 3 unspecified atom stereocenters. The summed E-state index contributed by atoms with van der Waals surface area (Å²) < 4.78 is 11.2. The third-order valence-electron chi connectivity index (χ3n) is 6.06. The molecule has 3 aliphatic heterocycles. The molecule has 7 nitrogen and oxygen atoms in total. The Morgan fingerprint density at radius 1 is 1.23 bits per heavy atom. The van der Waals surface area contributed by atoms with E-state index in [0.29, 0.717) is 6.04 Å². The zero-order chi connectivity index (χ0) is 20.8. The van der Waals surface area contributed by atoms with Crippen LogP contribution in [-0.4, -0.2) is 58.5 Å². The molecule has 3 heterocycles. The Labute approximate surface area is 180 Å². The lowest BCUT2D eigenvalue weighted by Gasteiger charge is -2.37. The highest BCUT2D eigenvalue weighted by Gasteiger charge is 2.26. The fourth-order valence-corrected chi connectivity index (χ4v) is 4.59. The number of hydrogen-bond acceptors (Lipinski definition) is 7. The van der Waals surface area contributed by atoms with E-state index >= 15 is 0 Å². The van der Waals surface area contributed by atoms with Gasteiger partial charge in [-0.3, -0.25) is 10.6 Å². The average Bonchev–Trinajstić information content (AvgIpc) is 3.03.